The summed E-state index contributed by atoms with van der Waals surface area (Å²) >= 11 is 0. The van der Waals surface area contributed by atoms with Crippen molar-refractivity contribution in [3.8, 4) is 11.8 Å². The second-order valence-electron chi connectivity index (χ2n) is 1.64. The maximum absolute atomic E-state index is 10.4. The molecule has 0 amide bonds. The van der Waals surface area contributed by atoms with Crippen LogP contribution in [-0.4, -0.2) is 0 Å². The van der Waals surface area contributed by atoms with Gasteiger partial charge >= 0.3 is 18.9 Å². The minimum absolute atomic E-state index is 0. The molecule has 0 saturated heterocycles. The number of hydrogen-bond donors (Lipinski definition) is 0. The standard InChI is InChI=1S/C7H5NO.Li/c8-5-6-1-3-7(9)4-2-6;/h1-4,9H;/q;+1/p-1. The molecule has 0 N–H and O–H groups in total. The molecule has 3 heteroatoms. The van der Waals surface area contributed by atoms with Crippen LogP contribution in [0.3, 0.4) is 0 Å². The van der Waals surface area contributed by atoms with Crippen molar-refractivity contribution >= 4 is 0 Å². The third kappa shape index (κ3) is 2.15. The fraction of sp³-hybridized carbons (Fsp3) is 0. The van der Waals surface area contributed by atoms with Crippen molar-refractivity contribution in [3.05, 3.63) is 29.8 Å². The molecule has 0 saturated carbocycles. The molecule has 0 bridgehead atoms. The third-order valence-electron chi connectivity index (χ3n) is 0.983. The summed E-state index contributed by atoms with van der Waals surface area (Å²) < 4.78 is 0. The Hall–Kier alpha value is -0.893. The van der Waals surface area contributed by atoms with Gasteiger partial charge in [-0.2, -0.15) is 5.26 Å². The largest absolute Gasteiger partial charge is 1.00 e. The quantitative estimate of drug-likeness (QED) is 0.364. The summed E-state index contributed by atoms with van der Waals surface area (Å²) in [6, 6.07) is 7.67. The Morgan fingerprint density at radius 1 is 1.20 bits per heavy atom. The van der Waals surface area contributed by atoms with E-state index in [-0.39, 0.29) is 24.6 Å². The number of benzene rings is 1. The van der Waals surface area contributed by atoms with E-state index in [9.17, 15) is 5.11 Å². The van der Waals surface area contributed by atoms with Crippen LogP contribution in [0.25, 0.3) is 0 Å². The van der Waals surface area contributed by atoms with Gasteiger partial charge in [-0.25, -0.2) is 0 Å². The number of hydrogen-bond acceptors (Lipinski definition) is 2. The summed E-state index contributed by atoms with van der Waals surface area (Å²) in [5.74, 6) is -0.0611. The van der Waals surface area contributed by atoms with Crippen molar-refractivity contribution in [1.82, 2.24) is 0 Å². The summed E-state index contributed by atoms with van der Waals surface area (Å²) in [5, 5.41) is 18.7. The van der Waals surface area contributed by atoms with Crippen LogP contribution in [0.1, 0.15) is 5.56 Å². The zero-order chi connectivity index (χ0) is 6.69. The first-order chi connectivity index (χ1) is 4.33. The second-order valence-corrected chi connectivity index (χ2v) is 1.64. The van der Waals surface area contributed by atoms with Gasteiger partial charge in [0.1, 0.15) is 0 Å². The van der Waals surface area contributed by atoms with E-state index in [0.717, 1.165) is 0 Å². The van der Waals surface area contributed by atoms with Gasteiger partial charge in [0.25, 0.3) is 0 Å². The van der Waals surface area contributed by atoms with Crippen molar-refractivity contribution in [3.63, 3.8) is 0 Å². The number of nitriles is 1. The minimum Gasteiger partial charge on any atom is -0.872 e. The van der Waals surface area contributed by atoms with Gasteiger partial charge in [-0.15, -0.1) is 5.75 Å². The van der Waals surface area contributed by atoms with Gasteiger partial charge in [-0.3, -0.25) is 0 Å². The van der Waals surface area contributed by atoms with Crippen LogP contribution < -0.4 is 24.0 Å². The van der Waals surface area contributed by atoms with Gasteiger partial charge in [0.05, 0.1) is 11.6 Å². The van der Waals surface area contributed by atoms with Gasteiger partial charge in [0.15, 0.2) is 0 Å². The summed E-state index contributed by atoms with van der Waals surface area (Å²) in [5.41, 5.74) is 0.523. The van der Waals surface area contributed by atoms with Crippen LogP contribution in [0.4, 0.5) is 0 Å². The molecule has 44 valence electrons. The van der Waals surface area contributed by atoms with Gasteiger partial charge in [0.2, 0.25) is 0 Å². The van der Waals surface area contributed by atoms with Crippen LogP contribution in [0.2, 0.25) is 0 Å². The molecule has 0 unspecified atom stereocenters. The number of nitrogens with zero attached hydrogens (tertiary/aromatic N) is 1. The van der Waals surface area contributed by atoms with Crippen molar-refractivity contribution in [2.24, 2.45) is 0 Å². The average molecular weight is 125 g/mol. The first kappa shape index (κ1) is 9.11. The molecule has 0 atom stereocenters. The fourth-order valence-corrected chi connectivity index (χ4v) is 0.529. The smallest absolute Gasteiger partial charge is 0.872 e. The summed E-state index contributed by atoms with van der Waals surface area (Å²) in [6.07, 6.45) is 0. The molecular formula is C7H4LiNO. The van der Waals surface area contributed by atoms with Gasteiger partial charge in [0, 0.05) is 0 Å². The molecule has 0 radical (unpaired) electrons. The van der Waals surface area contributed by atoms with Crippen molar-refractivity contribution in [2.45, 2.75) is 0 Å². The SMILES string of the molecule is N#Cc1ccc([O-])cc1.[Li+]. The van der Waals surface area contributed by atoms with E-state index >= 15 is 0 Å². The maximum atomic E-state index is 10.4. The fourth-order valence-electron chi connectivity index (χ4n) is 0.529. The molecule has 2 nitrogen and oxygen atoms in total. The van der Waals surface area contributed by atoms with E-state index < -0.39 is 0 Å². The molecule has 0 spiro atoms. The van der Waals surface area contributed by atoms with E-state index in [2.05, 4.69) is 0 Å². The Morgan fingerprint density at radius 2 is 1.70 bits per heavy atom. The van der Waals surface area contributed by atoms with E-state index in [1.807, 2.05) is 6.07 Å². The van der Waals surface area contributed by atoms with Crippen molar-refractivity contribution in [2.75, 3.05) is 0 Å². The van der Waals surface area contributed by atoms with E-state index in [1.165, 1.54) is 24.3 Å². The van der Waals surface area contributed by atoms with Crippen molar-refractivity contribution in [1.29, 1.82) is 5.26 Å². The molecule has 0 heterocycles. The molecule has 1 aromatic rings. The van der Waals surface area contributed by atoms with E-state index in [4.69, 9.17) is 5.26 Å². The second kappa shape index (κ2) is 4.01. The Morgan fingerprint density at radius 3 is 2.10 bits per heavy atom. The summed E-state index contributed by atoms with van der Waals surface area (Å²) in [4.78, 5) is 0. The normalized spacial score (nSPS) is 7.50. The molecule has 1 aromatic carbocycles. The molecule has 0 aliphatic carbocycles. The first-order valence-electron chi connectivity index (χ1n) is 2.50. The third-order valence-corrected chi connectivity index (χ3v) is 0.983. The molecule has 0 aromatic heterocycles. The number of rotatable bonds is 0. The van der Waals surface area contributed by atoms with Crippen LogP contribution in [-0.2, 0) is 0 Å². The van der Waals surface area contributed by atoms with E-state index in [1.54, 1.807) is 0 Å². The van der Waals surface area contributed by atoms with Crippen LogP contribution >= 0.6 is 0 Å². The van der Waals surface area contributed by atoms with Gasteiger partial charge < -0.3 is 5.11 Å². The van der Waals surface area contributed by atoms with Crippen molar-refractivity contribution < 1.29 is 24.0 Å². The van der Waals surface area contributed by atoms with Gasteiger partial charge in [-0.05, 0) is 12.1 Å². The van der Waals surface area contributed by atoms with Crippen LogP contribution in [0, 0.1) is 11.3 Å². The topological polar surface area (TPSA) is 46.8 Å². The molecule has 0 aliphatic rings. The zero-order valence-corrected chi connectivity index (χ0v) is 5.66. The molecule has 10 heavy (non-hydrogen) atoms. The first-order valence-corrected chi connectivity index (χ1v) is 2.50. The molecule has 0 fully saturated rings. The van der Waals surface area contributed by atoms with Crippen LogP contribution in [0.5, 0.6) is 5.75 Å². The Balaban J connectivity index is 0.000000810. The predicted molar refractivity (Wildman–Crippen MR) is 30.6 cm³/mol. The molecular weight excluding hydrogens is 121 g/mol. The van der Waals surface area contributed by atoms with Crippen LogP contribution in [0.15, 0.2) is 24.3 Å². The van der Waals surface area contributed by atoms with Gasteiger partial charge in [-0.1, -0.05) is 12.1 Å². The predicted octanol–water partition coefficient (Wildman–Crippen LogP) is -2.36. The van der Waals surface area contributed by atoms with E-state index in [0.29, 0.717) is 5.56 Å². The Bertz CT molecular complexity index is 237. The Labute approximate surface area is 71.3 Å². The average Bonchev–Trinajstić information content (AvgIpc) is 1.90. The maximum Gasteiger partial charge on any atom is 1.00 e. The minimum atomic E-state index is -0.0611. The summed E-state index contributed by atoms with van der Waals surface area (Å²) in [6.45, 7) is 0. The summed E-state index contributed by atoms with van der Waals surface area (Å²) in [7, 11) is 0. The molecule has 0 aliphatic heterocycles. The monoisotopic (exact) mass is 125 g/mol. The zero-order valence-electron chi connectivity index (χ0n) is 5.66. The Kier molecular flexibility index (Phi) is 3.65. The molecule has 1 rings (SSSR count).